The van der Waals surface area contributed by atoms with Gasteiger partial charge in [-0.2, -0.15) is 0 Å². The molecule has 0 aliphatic carbocycles. The molecule has 1 aromatic carbocycles. The van der Waals surface area contributed by atoms with E-state index in [1.807, 2.05) is 0 Å². The van der Waals surface area contributed by atoms with Gasteiger partial charge in [0.15, 0.2) is 5.96 Å². The fraction of sp³-hybridized carbons (Fsp3) is 0.500. The van der Waals surface area contributed by atoms with Crippen LogP contribution in [0.2, 0.25) is 0 Å². The molecule has 0 aliphatic rings. The highest BCUT2D eigenvalue weighted by Crippen LogP contribution is 2.06. The zero-order chi connectivity index (χ0) is 27.3. The van der Waals surface area contributed by atoms with Crippen LogP contribution in [0.4, 0.5) is 0 Å². The highest BCUT2D eigenvalue weighted by atomic mass is 16.4. The topological polar surface area (TPSA) is 255 Å². The normalized spacial score (nSPS) is 14.9. The number of nitrogens with one attached hydrogen (secondary N) is 3. The number of carboxylic acid groups (broad SMARTS) is 1. The van der Waals surface area contributed by atoms with E-state index in [0.29, 0.717) is 5.56 Å². The van der Waals surface area contributed by atoms with Crippen molar-refractivity contribution in [2.45, 2.75) is 56.5 Å². The summed E-state index contributed by atoms with van der Waals surface area (Å²) in [5.74, 6) is -4.04. The van der Waals surface area contributed by atoms with Crippen LogP contribution in [0.15, 0.2) is 35.3 Å². The molecule has 0 spiro atoms. The molecule has 5 atom stereocenters. The maximum absolute atomic E-state index is 12.9. The first kappa shape index (κ1) is 30.3. The molecule has 0 aromatic heterocycles. The predicted molar refractivity (Wildman–Crippen MR) is 130 cm³/mol. The lowest BCUT2D eigenvalue weighted by Crippen LogP contribution is -2.60. The number of aliphatic imine (C=N–C) groups is 1. The molecule has 5 unspecified atom stereocenters. The number of aliphatic hydroxyl groups is 2. The molecule has 14 heteroatoms. The number of carbonyl (C=O) groups is 4. The number of carbonyl (C=O) groups excluding carboxylic acids is 3. The molecule has 1 aromatic rings. The van der Waals surface area contributed by atoms with Gasteiger partial charge in [0, 0.05) is 13.0 Å². The quantitative estimate of drug-likeness (QED) is 0.0640. The summed E-state index contributed by atoms with van der Waals surface area (Å²) in [5, 5.41) is 35.8. The van der Waals surface area contributed by atoms with Gasteiger partial charge in [-0.25, -0.2) is 4.79 Å². The van der Waals surface area contributed by atoms with Gasteiger partial charge in [0.05, 0.1) is 12.7 Å². The molecule has 12 N–H and O–H groups in total. The molecule has 0 radical (unpaired) electrons. The molecule has 0 bridgehead atoms. The van der Waals surface area contributed by atoms with Crippen LogP contribution >= 0.6 is 0 Å². The maximum Gasteiger partial charge on any atom is 0.326 e. The van der Waals surface area contributed by atoms with Crippen LogP contribution in [0, 0.1) is 0 Å². The van der Waals surface area contributed by atoms with Crippen molar-refractivity contribution >= 4 is 29.7 Å². The number of aliphatic hydroxyl groups excluding tert-OH is 2. The predicted octanol–water partition coefficient (Wildman–Crippen LogP) is -3.48. The van der Waals surface area contributed by atoms with Crippen molar-refractivity contribution in [3.63, 3.8) is 0 Å². The van der Waals surface area contributed by atoms with Gasteiger partial charge in [0.25, 0.3) is 0 Å². The Morgan fingerprint density at radius 3 is 2.11 bits per heavy atom. The zero-order valence-corrected chi connectivity index (χ0v) is 20.0. The zero-order valence-electron chi connectivity index (χ0n) is 20.0. The van der Waals surface area contributed by atoms with Gasteiger partial charge in [0.2, 0.25) is 17.7 Å². The van der Waals surface area contributed by atoms with Crippen molar-refractivity contribution in [1.29, 1.82) is 0 Å². The molecule has 0 saturated heterocycles. The number of carboxylic acids is 1. The Hall–Kier alpha value is -3.75. The van der Waals surface area contributed by atoms with Crippen LogP contribution in [0.3, 0.4) is 0 Å². The molecule has 0 fully saturated rings. The lowest BCUT2D eigenvalue weighted by molar-refractivity contribution is -0.143. The Morgan fingerprint density at radius 1 is 0.972 bits per heavy atom. The lowest BCUT2D eigenvalue weighted by Gasteiger charge is -2.26. The summed E-state index contributed by atoms with van der Waals surface area (Å²) in [6.07, 6.45) is -1.14. The second kappa shape index (κ2) is 15.3. The first-order valence-electron chi connectivity index (χ1n) is 11.2. The van der Waals surface area contributed by atoms with E-state index in [0.717, 1.165) is 0 Å². The first-order valence-corrected chi connectivity index (χ1v) is 11.2. The fourth-order valence-corrected chi connectivity index (χ4v) is 3.10. The molecule has 3 amide bonds. The second-order valence-corrected chi connectivity index (χ2v) is 8.12. The highest BCUT2D eigenvalue weighted by Gasteiger charge is 2.32. The van der Waals surface area contributed by atoms with Crippen molar-refractivity contribution < 1.29 is 34.5 Å². The minimum Gasteiger partial charge on any atom is -0.480 e. The average Bonchev–Trinajstić information content (AvgIpc) is 2.83. The average molecular weight is 510 g/mol. The van der Waals surface area contributed by atoms with E-state index in [2.05, 4.69) is 20.9 Å². The summed E-state index contributed by atoms with van der Waals surface area (Å²) in [6.45, 7) is 0.727. The minimum absolute atomic E-state index is 0.0229. The van der Waals surface area contributed by atoms with Gasteiger partial charge < -0.3 is 48.5 Å². The number of hydrogen-bond donors (Lipinski definition) is 9. The summed E-state index contributed by atoms with van der Waals surface area (Å²) in [6, 6.07) is 3.25. The number of aliphatic carboxylic acids is 1. The van der Waals surface area contributed by atoms with E-state index in [4.69, 9.17) is 22.3 Å². The largest absolute Gasteiger partial charge is 0.480 e. The summed E-state index contributed by atoms with van der Waals surface area (Å²) in [4.78, 5) is 53.4. The number of rotatable bonds is 15. The molecule has 0 heterocycles. The van der Waals surface area contributed by atoms with Crippen LogP contribution in [-0.2, 0) is 25.6 Å². The van der Waals surface area contributed by atoms with Crippen molar-refractivity contribution in [3.8, 4) is 0 Å². The molecule has 200 valence electrons. The van der Waals surface area contributed by atoms with Gasteiger partial charge in [-0.1, -0.05) is 30.3 Å². The Bertz CT molecular complexity index is 907. The molecule has 36 heavy (non-hydrogen) atoms. The van der Waals surface area contributed by atoms with Gasteiger partial charge in [-0.3, -0.25) is 19.4 Å². The molecule has 0 saturated carbocycles. The van der Waals surface area contributed by atoms with Crippen molar-refractivity contribution in [1.82, 2.24) is 16.0 Å². The van der Waals surface area contributed by atoms with E-state index < -0.39 is 60.6 Å². The maximum atomic E-state index is 12.9. The Balaban J connectivity index is 2.96. The minimum atomic E-state index is -1.53. The standard InChI is InChI=1S/C22H35N7O7/c1-12(31)17(20(34)28-16(21(35)36)10-13-6-3-2-4-7-13)29-19(33)15(8-5-9-26-22(24)25)27-18(32)14(23)11-30/h2-4,6-7,12,14-17,30-31H,5,8-11,23H2,1H3,(H,27,32)(H,28,34)(H,29,33)(H,35,36)(H4,24,25,26). The molecule has 1 rings (SSSR count). The summed E-state index contributed by atoms with van der Waals surface area (Å²) < 4.78 is 0. The van der Waals surface area contributed by atoms with Crippen molar-refractivity contribution in [3.05, 3.63) is 35.9 Å². The smallest absolute Gasteiger partial charge is 0.326 e. The number of hydrogen-bond acceptors (Lipinski definition) is 8. The number of amides is 3. The third kappa shape index (κ3) is 10.7. The summed E-state index contributed by atoms with van der Waals surface area (Å²) >= 11 is 0. The van der Waals surface area contributed by atoms with Crippen molar-refractivity contribution in [2.24, 2.45) is 22.2 Å². The SMILES string of the molecule is CC(O)C(NC(=O)C(CCCN=C(N)N)NC(=O)C(N)CO)C(=O)NC(Cc1ccccc1)C(=O)O. The second-order valence-electron chi connectivity index (χ2n) is 8.12. The molecule has 14 nitrogen and oxygen atoms in total. The van der Waals surface area contributed by atoms with Crippen LogP contribution in [-0.4, -0.2) is 88.4 Å². The van der Waals surface area contributed by atoms with Gasteiger partial charge in [-0.05, 0) is 25.3 Å². The number of benzene rings is 1. The van der Waals surface area contributed by atoms with E-state index in [9.17, 15) is 29.4 Å². The third-order valence-corrected chi connectivity index (χ3v) is 5.07. The number of nitrogens with zero attached hydrogens (tertiary/aromatic N) is 1. The highest BCUT2D eigenvalue weighted by molar-refractivity contribution is 5.94. The van der Waals surface area contributed by atoms with Crippen LogP contribution in [0.1, 0.15) is 25.3 Å². The summed E-state index contributed by atoms with van der Waals surface area (Å²) in [5.41, 5.74) is 16.7. The Morgan fingerprint density at radius 2 is 1.58 bits per heavy atom. The fourth-order valence-electron chi connectivity index (χ4n) is 3.10. The van der Waals surface area contributed by atoms with Crippen molar-refractivity contribution in [2.75, 3.05) is 13.2 Å². The lowest BCUT2D eigenvalue weighted by atomic mass is 10.0. The number of nitrogens with two attached hydrogens (primary N) is 3. The first-order chi connectivity index (χ1) is 17.0. The van der Waals surface area contributed by atoms with E-state index in [1.165, 1.54) is 6.92 Å². The summed E-state index contributed by atoms with van der Waals surface area (Å²) in [7, 11) is 0. The van der Waals surface area contributed by atoms with Crippen LogP contribution in [0.25, 0.3) is 0 Å². The van der Waals surface area contributed by atoms with E-state index >= 15 is 0 Å². The molecule has 0 aliphatic heterocycles. The van der Waals surface area contributed by atoms with E-state index in [-0.39, 0.29) is 31.8 Å². The molecular formula is C22H35N7O7. The van der Waals surface area contributed by atoms with Gasteiger partial charge >= 0.3 is 5.97 Å². The Kier molecular flexibility index (Phi) is 12.9. The van der Waals surface area contributed by atoms with Crippen LogP contribution in [0.5, 0.6) is 0 Å². The monoisotopic (exact) mass is 509 g/mol. The Labute approximate surface area is 208 Å². The number of guanidine groups is 1. The van der Waals surface area contributed by atoms with Gasteiger partial charge in [0.1, 0.15) is 24.2 Å². The van der Waals surface area contributed by atoms with E-state index in [1.54, 1.807) is 30.3 Å². The van der Waals surface area contributed by atoms with Gasteiger partial charge in [-0.15, -0.1) is 0 Å². The third-order valence-electron chi connectivity index (χ3n) is 5.07. The van der Waals surface area contributed by atoms with Crippen LogP contribution < -0.4 is 33.2 Å². The molecular weight excluding hydrogens is 474 g/mol.